The third-order valence-corrected chi connectivity index (χ3v) is 6.61. The normalized spacial score (nSPS) is 19.7. The number of carboxylic acids is 1. The molecule has 0 atom stereocenters. The molecule has 1 saturated heterocycles. The van der Waals surface area contributed by atoms with Crippen molar-refractivity contribution in [1.82, 2.24) is 4.90 Å². The van der Waals surface area contributed by atoms with E-state index in [4.69, 9.17) is 0 Å². The molecule has 20 heavy (non-hydrogen) atoms. The predicted octanol–water partition coefficient (Wildman–Crippen LogP) is 0.913. The first-order chi connectivity index (χ1) is 8.98. The van der Waals surface area contributed by atoms with Gasteiger partial charge in [-0.1, -0.05) is 6.92 Å². The first-order valence-electron chi connectivity index (χ1n) is 6.70. The number of carbonyl (C=O) groups is 2. The first kappa shape index (κ1) is 16.9. The number of piperidine rings is 1. The number of sulfone groups is 1. The van der Waals surface area contributed by atoms with Crippen LogP contribution < -0.4 is 0 Å². The minimum Gasteiger partial charge on any atom is -0.481 e. The third kappa shape index (κ3) is 2.82. The lowest BCUT2D eigenvalue weighted by Gasteiger charge is -2.40. The van der Waals surface area contributed by atoms with Crippen molar-refractivity contribution < 1.29 is 23.1 Å². The van der Waals surface area contributed by atoms with Crippen LogP contribution in [0.25, 0.3) is 0 Å². The lowest BCUT2D eigenvalue weighted by Crippen LogP contribution is -2.54. The summed E-state index contributed by atoms with van der Waals surface area (Å²) in [6.45, 7) is 5.19. The number of likely N-dealkylation sites (tertiary alicyclic amines) is 1. The molecule has 0 radical (unpaired) electrons. The molecule has 1 amide bonds. The number of carbonyl (C=O) groups excluding carboxylic acids is 1. The number of amides is 1. The number of aliphatic carboxylic acids is 1. The fourth-order valence-electron chi connectivity index (χ4n) is 2.40. The standard InChI is InChI=1S/C13H23NO5S/c1-5-13(11(16)17)6-8-14(9-7-13)10(15)12(2,3)20(4,18)19/h5-9H2,1-4H3,(H,16,17). The largest absolute Gasteiger partial charge is 0.481 e. The van der Waals surface area contributed by atoms with E-state index in [1.807, 2.05) is 6.92 Å². The molecular weight excluding hydrogens is 282 g/mol. The van der Waals surface area contributed by atoms with E-state index in [9.17, 15) is 23.1 Å². The highest BCUT2D eigenvalue weighted by Gasteiger charge is 2.46. The van der Waals surface area contributed by atoms with Crippen molar-refractivity contribution >= 4 is 21.7 Å². The molecule has 0 saturated carbocycles. The van der Waals surface area contributed by atoms with Crippen LogP contribution in [0, 0.1) is 5.41 Å². The van der Waals surface area contributed by atoms with Crippen molar-refractivity contribution in [3.05, 3.63) is 0 Å². The minimum absolute atomic E-state index is 0.290. The Morgan fingerprint density at radius 1 is 1.25 bits per heavy atom. The average molecular weight is 305 g/mol. The van der Waals surface area contributed by atoms with Gasteiger partial charge in [0.05, 0.1) is 5.41 Å². The Morgan fingerprint density at radius 3 is 2.00 bits per heavy atom. The maximum Gasteiger partial charge on any atom is 0.309 e. The van der Waals surface area contributed by atoms with E-state index in [0.29, 0.717) is 19.3 Å². The molecule has 7 heteroatoms. The predicted molar refractivity (Wildman–Crippen MR) is 75.1 cm³/mol. The molecule has 1 rings (SSSR count). The Balaban J connectivity index is 2.86. The molecule has 0 aromatic carbocycles. The zero-order chi connectivity index (χ0) is 15.8. The summed E-state index contributed by atoms with van der Waals surface area (Å²) >= 11 is 0. The molecule has 116 valence electrons. The third-order valence-electron chi connectivity index (χ3n) is 4.58. The monoisotopic (exact) mass is 305 g/mol. The summed E-state index contributed by atoms with van der Waals surface area (Å²) < 4.78 is 21.9. The fraction of sp³-hybridized carbons (Fsp3) is 0.846. The van der Waals surface area contributed by atoms with Crippen molar-refractivity contribution in [3.8, 4) is 0 Å². The van der Waals surface area contributed by atoms with Crippen LogP contribution in [-0.2, 0) is 19.4 Å². The van der Waals surface area contributed by atoms with Crippen molar-refractivity contribution in [1.29, 1.82) is 0 Å². The molecule has 0 unspecified atom stereocenters. The molecule has 1 fully saturated rings. The van der Waals surface area contributed by atoms with Gasteiger partial charge in [-0.3, -0.25) is 9.59 Å². The van der Waals surface area contributed by atoms with Crippen LogP contribution >= 0.6 is 0 Å². The van der Waals surface area contributed by atoms with Crippen LogP contribution in [0.5, 0.6) is 0 Å². The second kappa shape index (κ2) is 5.35. The Labute approximate surface area is 120 Å². The molecule has 1 heterocycles. The summed E-state index contributed by atoms with van der Waals surface area (Å²) in [5.41, 5.74) is -0.786. The molecule has 1 aliphatic rings. The quantitative estimate of drug-likeness (QED) is 0.833. The summed E-state index contributed by atoms with van der Waals surface area (Å²) in [5.74, 6) is -1.29. The zero-order valence-electron chi connectivity index (χ0n) is 12.5. The van der Waals surface area contributed by atoms with Crippen LogP contribution in [0.3, 0.4) is 0 Å². The summed E-state index contributed by atoms with van der Waals surface area (Å²) in [5, 5.41) is 9.30. The Bertz CT molecular complexity index is 501. The van der Waals surface area contributed by atoms with E-state index in [0.717, 1.165) is 6.26 Å². The molecule has 1 aliphatic heterocycles. The van der Waals surface area contributed by atoms with Gasteiger partial charge in [-0.05, 0) is 33.1 Å². The lowest BCUT2D eigenvalue weighted by atomic mass is 9.76. The van der Waals surface area contributed by atoms with Crippen molar-refractivity contribution in [2.24, 2.45) is 5.41 Å². The summed E-state index contributed by atoms with van der Waals surface area (Å²) in [4.78, 5) is 25.1. The molecular formula is C13H23NO5S. The smallest absolute Gasteiger partial charge is 0.309 e. The number of hydrogen-bond acceptors (Lipinski definition) is 4. The van der Waals surface area contributed by atoms with Gasteiger partial charge < -0.3 is 10.0 Å². The van der Waals surface area contributed by atoms with E-state index in [1.54, 1.807) is 0 Å². The van der Waals surface area contributed by atoms with E-state index in [-0.39, 0.29) is 13.1 Å². The van der Waals surface area contributed by atoms with Gasteiger partial charge in [-0.25, -0.2) is 8.42 Å². The van der Waals surface area contributed by atoms with Gasteiger partial charge >= 0.3 is 5.97 Å². The van der Waals surface area contributed by atoms with E-state index in [1.165, 1.54) is 18.7 Å². The summed E-state index contributed by atoms with van der Waals surface area (Å²) in [7, 11) is -3.51. The fourth-order valence-corrected chi connectivity index (χ4v) is 2.84. The molecule has 0 spiro atoms. The van der Waals surface area contributed by atoms with Gasteiger partial charge in [0.2, 0.25) is 5.91 Å². The van der Waals surface area contributed by atoms with Crippen LogP contribution in [0.1, 0.15) is 40.0 Å². The maximum atomic E-state index is 12.3. The van der Waals surface area contributed by atoms with Crippen molar-refractivity contribution in [3.63, 3.8) is 0 Å². The highest BCUT2D eigenvalue weighted by atomic mass is 32.2. The van der Waals surface area contributed by atoms with Crippen LogP contribution in [-0.4, -0.2) is 54.4 Å². The highest BCUT2D eigenvalue weighted by Crippen LogP contribution is 2.36. The van der Waals surface area contributed by atoms with Crippen LogP contribution in [0.15, 0.2) is 0 Å². The second-order valence-electron chi connectivity index (χ2n) is 6.01. The maximum absolute atomic E-state index is 12.3. The van der Waals surface area contributed by atoms with E-state index >= 15 is 0 Å². The number of carboxylic acid groups (broad SMARTS) is 1. The number of rotatable bonds is 4. The first-order valence-corrected chi connectivity index (χ1v) is 8.59. The van der Waals surface area contributed by atoms with Crippen molar-refractivity contribution in [2.45, 2.75) is 44.8 Å². The lowest BCUT2D eigenvalue weighted by molar-refractivity contribution is -0.155. The molecule has 0 aliphatic carbocycles. The Morgan fingerprint density at radius 2 is 1.70 bits per heavy atom. The number of hydrogen-bond donors (Lipinski definition) is 1. The highest BCUT2D eigenvalue weighted by molar-refractivity contribution is 7.92. The molecule has 0 bridgehead atoms. The Kier molecular flexibility index (Phi) is 4.53. The second-order valence-corrected chi connectivity index (χ2v) is 8.58. The SMILES string of the molecule is CCC1(C(=O)O)CCN(C(=O)C(C)(C)S(C)(=O)=O)CC1. The van der Waals surface area contributed by atoms with Gasteiger partial charge in [-0.15, -0.1) is 0 Å². The van der Waals surface area contributed by atoms with E-state index < -0.39 is 31.9 Å². The van der Waals surface area contributed by atoms with Crippen LogP contribution in [0.2, 0.25) is 0 Å². The number of nitrogens with zero attached hydrogens (tertiary/aromatic N) is 1. The van der Waals surface area contributed by atoms with Crippen LogP contribution in [0.4, 0.5) is 0 Å². The molecule has 1 N–H and O–H groups in total. The van der Waals surface area contributed by atoms with Gasteiger partial charge in [0.1, 0.15) is 4.75 Å². The van der Waals surface area contributed by atoms with Gasteiger partial charge in [0, 0.05) is 19.3 Å². The molecule has 6 nitrogen and oxygen atoms in total. The van der Waals surface area contributed by atoms with Crippen molar-refractivity contribution in [2.75, 3.05) is 19.3 Å². The molecule has 0 aromatic rings. The van der Waals surface area contributed by atoms with E-state index in [2.05, 4.69) is 0 Å². The average Bonchev–Trinajstić information content (AvgIpc) is 2.36. The minimum atomic E-state index is -3.51. The van der Waals surface area contributed by atoms with Gasteiger partial charge in [0.15, 0.2) is 9.84 Å². The van der Waals surface area contributed by atoms with Gasteiger partial charge in [-0.2, -0.15) is 0 Å². The summed E-state index contributed by atoms with van der Waals surface area (Å²) in [6, 6.07) is 0. The Hall–Kier alpha value is -1.11. The van der Waals surface area contributed by atoms with Gasteiger partial charge in [0.25, 0.3) is 0 Å². The molecule has 0 aromatic heterocycles. The summed E-state index contributed by atoms with van der Waals surface area (Å²) in [6.07, 6.45) is 2.29. The topological polar surface area (TPSA) is 91.8 Å². The zero-order valence-corrected chi connectivity index (χ0v) is 13.3.